The van der Waals surface area contributed by atoms with Gasteiger partial charge in [0.15, 0.2) is 0 Å². The van der Waals surface area contributed by atoms with E-state index in [1.54, 1.807) is 6.07 Å². The van der Waals surface area contributed by atoms with E-state index in [-0.39, 0.29) is 18.4 Å². The summed E-state index contributed by atoms with van der Waals surface area (Å²) in [5.74, 6) is 0.480. The van der Waals surface area contributed by atoms with Gasteiger partial charge >= 0.3 is 0 Å². The molecule has 0 atom stereocenters. The number of non-ortho nitro benzene ring substituents is 1. The van der Waals surface area contributed by atoms with Gasteiger partial charge in [-0.25, -0.2) is 0 Å². The Bertz CT molecular complexity index is 463. The number of hydrogen-bond donors (Lipinski definition) is 1. The monoisotopic (exact) mass is 296 g/mol. The van der Waals surface area contributed by atoms with E-state index in [0.29, 0.717) is 18.0 Å². The molecule has 0 aromatic heterocycles. The molecule has 0 spiro atoms. The lowest BCUT2D eigenvalue weighted by atomic mass is 10.2. The standard InChI is InChI=1S/C15H24N2O4/c1-4-5-6-16(7-8-18)13-9-14(17(19)20)11-15(10-13)21-12(2)3/h9-12,18H,4-8H2,1-3H3. The minimum atomic E-state index is -0.423. The Morgan fingerprint density at radius 3 is 2.57 bits per heavy atom. The second-order valence-corrected chi connectivity index (χ2v) is 5.17. The highest BCUT2D eigenvalue weighted by Crippen LogP contribution is 2.29. The van der Waals surface area contributed by atoms with Gasteiger partial charge in [0.1, 0.15) is 5.75 Å². The zero-order valence-corrected chi connectivity index (χ0v) is 12.9. The number of ether oxygens (including phenoxy) is 1. The normalized spacial score (nSPS) is 10.7. The van der Waals surface area contributed by atoms with E-state index in [1.165, 1.54) is 12.1 Å². The molecule has 118 valence electrons. The van der Waals surface area contributed by atoms with Crippen LogP contribution in [-0.2, 0) is 0 Å². The van der Waals surface area contributed by atoms with Gasteiger partial charge in [0.25, 0.3) is 5.69 Å². The molecule has 1 N–H and O–H groups in total. The molecule has 0 amide bonds. The first-order chi connectivity index (χ1) is 9.97. The van der Waals surface area contributed by atoms with Crippen LogP contribution < -0.4 is 9.64 Å². The number of benzene rings is 1. The molecule has 1 aromatic rings. The van der Waals surface area contributed by atoms with Crippen molar-refractivity contribution in [2.24, 2.45) is 0 Å². The molecule has 0 unspecified atom stereocenters. The number of hydrogen-bond acceptors (Lipinski definition) is 5. The summed E-state index contributed by atoms with van der Waals surface area (Å²) < 4.78 is 5.58. The molecule has 0 saturated heterocycles. The fourth-order valence-corrected chi connectivity index (χ4v) is 2.04. The minimum absolute atomic E-state index is 0.00240. The Morgan fingerprint density at radius 1 is 1.33 bits per heavy atom. The zero-order valence-electron chi connectivity index (χ0n) is 12.9. The summed E-state index contributed by atoms with van der Waals surface area (Å²) in [5.41, 5.74) is 0.713. The Labute approximate surface area is 125 Å². The maximum Gasteiger partial charge on any atom is 0.275 e. The Kier molecular flexibility index (Phi) is 6.94. The first-order valence-corrected chi connectivity index (χ1v) is 7.29. The van der Waals surface area contributed by atoms with E-state index in [4.69, 9.17) is 4.74 Å². The van der Waals surface area contributed by atoms with Crippen LogP contribution in [0.5, 0.6) is 5.75 Å². The van der Waals surface area contributed by atoms with Gasteiger partial charge in [0.05, 0.1) is 23.7 Å². The lowest BCUT2D eigenvalue weighted by Gasteiger charge is -2.24. The van der Waals surface area contributed by atoms with Crippen LogP contribution in [0.1, 0.15) is 33.6 Å². The molecular formula is C15H24N2O4. The highest BCUT2D eigenvalue weighted by atomic mass is 16.6. The Balaban J connectivity index is 3.11. The third kappa shape index (κ3) is 5.59. The van der Waals surface area contributed by atoms with E-state index in [0.717, 1.165) is 19.4 Å². The molecule has 0 saturated carbocycles. The number of rotatable bonds is 9. The van der Waals surface area contributed by atoms with Gasteiger partial charge in [-0.2, -0.15) is 0 Å². The molecule has 0 aliphatic carbocycles. The van der Waals surface area contributed by atoms with Gasteiger partial charge in [0, 0.05) is 30.9 Å². The van der Waals surface area contributed by atoms with E-state index < -0.39 is 4.92 Å². The van der Waals surface area contributed by atoms with E-state index >= 15 is 0 Å². The van der Waals surface area contributed by atoms with Gasteiger partial charge in [0.2, 0.25) is 0 Å². The van der Waals surface area contributed by atoms with E-state index in [9.17, 15) is 15.2 Å². The lowest BCUT2D eigenvalue weighted by molar-refractivity contribution is -0.384. The number of anilines is 1. The summed E-state index contributed by atoms with van der Waals surface area (Å²) in [4.78, 5) is 12.6. The van der Waals surface area contributed by atoms with Crippen molar-refractivity contribution in [2.75, 3.05) is 24.6 Å². The smallest absolute Gasteiger partial charge is 0.275 e. The Morgan fingerprint density at radius 2 is 2.05 bits per heavy atom. The molecule has 0 aliphatic heterocycles. The number of nitro benzene ring substituents is 1. The quantitative estimate of drug-likeness (QED) is 0.560. The predicted octanol–water partition coefficient (Wildman–Crippen LogP) is 2.98. The number of aliphatic hydroxyl groups is 1. The van der Waals surface area contributed by atoms with Crippen molar-refractivity contribution in [1.29, 1.82) is 0 Å². The van der Waals surface area contributed by atoms with Crippen molar-refractivity contribution < 1.29 is 14.8 Å². The van der Waals surface area contributed by atoms with Crippen molar-refractivity contribution in [3.8, 4) is 5.75 Å². The maximum atomic E-state index is 11.1. The first kappa shape index (κ1) is 17.2. The highest BCUT2D eigenvalue weighted by Gasteiger charge is 2.15. The van der Waals surface area contributed by atoms with Crippen LogP contribution in [0.2, 0.25) is 0 Å². The van der Waals surface area contributed by atoms with Crippen molar-refractivity contribution in [2.45, 2.75) is 39.7 Å². The second-order valence-electron chi connectivity index (χ2n) is 5.17. The molecule has 6 heteroatoms. The SMILES string of the molecule is CCCCN(CCO)c1cc(OC(C)C)cc([N+](=O)[O-])c1. The number of unbranched alkanes of at least 4 members (excludes halogenated alkanes) is 1. The fourth-order valence-electron chi connectivity index (χ4n) is 2.04. The topological polar surface area (TPSA) is 75.8 Å². The third-order valence-corrected chi connectivity index (χ3v) is 2.98. The molecule has 21 heavy (non-hydrogen) atoms. The molecule has 0 heterocycles. The highest BCUT2D eigenvalue weighted by molar-refractivity contribution is 5.58. The average Bonchev–Trinajstić information content (AvgIpc) is 2.42. The van der Waals surface area contributed by atoms with Crippen molar-refractivity contribution >= 4 is 11.4 Å². The maximum absolute atomic E-state index is 11.1. The summed E-state index contributed by atoms with van der Waals surface area (Å²) in [5, 5.41) is 20.3. The van der Waals surface area contributed by atoms with Crippen molar-refractivity contribution in [1.82, 2.24) is 0 Å². The predicted molar refractivity (Wildman–Crippen MR) is 83.1 cm³/mol. The summed E-state index contributed by atoms with van der Waals surface area (Å²) >= 11 is 0. The molecule has 0 radical (unpaired) electrons. The van der Waals surface area contributed by atoms with Gasteiger partial charge in [-0.1, -0.05) is 13.3 Å². The largest absolute Gasteiger partial charge is 0.491 e. The van der Waals surface area contributed by atoms with E-state index in [1.807, 2.05) is 18.7 Å². The molecule has 1 aromatic carbocycles. The molecule has 1 rings (SSSR count). The van der Waals surface area contributed by atoms with Crippen LogP contribution in [0, 0.1) is 10.1 Å². The van der Waals surface area contributed by atoms with Crippen LogP contribution >= 0.6 is 0 Å². The van der Waals surface area contributed by atoms with Crippen molar-refractivity contribution in [3.63, 3.8) is 0 Å². The fraction of sp³-hybridized carbons (Fsp3) is 0.600. The summed E-state index contributed by atoms with van der Waals surface area (Å²) in [6.07, 6.45) is 1.93. The second kappa shape index (κ2) is 8.46. The van der Waals surface area contributed by atoms with Gasteiger partial charge in [-0.3, -0.25) is 10.1 Å². The number of nitrogens with zero attached hydrogens (tertiary/aromatic N) is 2. The average molecular weight is 296 g/mol. The van der Waals surface area contributed by atoms with Crippen LogP contribution in [-0.4, -0.2) is 35.8 Å². The summed E-state index contributed by atoms with van der Waals surface area (Å²) in [6.45, 7) is 7.04. The van der Waals surface area contributed by atoms with Crippen LogP contribution in [0.4, 0.5) is 11.4 Å². The third-order valence-electron chi connectivity index (χ3n) is 2.98. The summed E-state index contributed by atoms with van der Waals surface area (Å²) in [7, 11) is 0. The zero-order chi connectivity index (χ0) is 15.8. The van der Waals surface area contributed by atoms with Crippen LogP contribution in [0.3, 0.4) is 0 Å². The van der Waals surface area contributed by atoms with Crippen molar-refractivity contribution in [3.05, 3.63) is 28.3 Å². The lowest BCUT2D eigenvalue weighted by Crippen LogP contribution is -2.27. The van der Waals surface area contributed by atoms with Gasteiger partial charge in [-0.05, 0) is 20.3 Å². The van der Waals surface area contributed by atoms with E-state index in [2.05, 4.69) is 6.92 Å². The van der Waals surface area contributed by atoms with Gasteiger partial charge < -0.3 is 14.7 Å². The molecular weight excluding hydrogens is 272 g/mol. The summed E-state index contributed by atoms with van der Waals surface area (Å²) in [6, 6.07) is 4.75. The molecule has 0 bridgehead atoms. The van der Waals surface area contributed by atoms with Crippen LogP contribution in [0.25, 0.3) is 0 Å². The first-order valence-electron chi connectivity index (χ1n) is 7.29. The van der Waals surface area contributed by atoms with Crippen LogP contribution in [0.15, 0.2) is 18.2 Å². The molecule has 0 aliphatic rings. The minimum Gasteiger partial charge on any atom is -0.491 e. The number of nitro groups is 1. The number of aliphatic hydroxyl groups excluding tert-OH is 1. The Hall–Kier alpha value is -1.82. The van der Waals surface area contributed by atoms with Gasteiger partial charge in [-0.15, -0.1) is 0 Å². The molecule has 6 nitrogen and oxygen atoms in total. The molecule has 0 fully saturated rings.